The molecule has 1 saturated carbocycles. The van der Waals surface area contributed by atoms with Gasteiger partial charge in [-0.05, 0) is 31.1 Å². The zero-order valence-electron chi connectivity index (χ0n) is 14.8. The fourth-order valence-corrected chi connectivity index (χ4v) is 3.97. The molecule has 25 heavy (non-hydrogen) atoms. The molecular formula is C19H27N5O. The third kappa shape index (κ3) is 4.91. The lowest BCUT2D eigenvalue weighted by Gasteiger charge is -2.32. The summed E-state index contributed by atoms with van der Waals surface area (Å²) in [6, 6.07) is 2.11. The Hall–Kier alpha value is -2.16. The Morgan fingerprint density at radius 1 is 1.16 bits per heavy atom. The Labute approximate surface area is 149 Å². The average molecular weight is 341 g/mol. The summed E-state index contributed by atoms with van der Waals surface area (Å²) in [4.78, 5) is 22.6. The minimum absolute atomic E-state index is 0.204. The summed E-state index contributed by atoms with van der Waals surface area (Å²) in [5.74, 6) is 2.17. The van der Waals surface area contributed by atoms with Crippen LogP contribution in [0.15, 0.2) is 12.4 Å². The summed E-state index contributed by atoms with van der Waals surface area (Å²) in [5, 5.41) is 12.3. The summed E-state index contributed by atoms with van der Waals surface area (Å²) < 4.78 is 0. The number of hydrogen-bond acceptors (Lipinski definition) is 5. The number of aromatic nitrogens is 2. The van der Waals surface area contributed by atoms with E-state index >= 15 is 0 Å². The number of carbonyl (C=O) groups excluding carboxylic acids is 1. The molecule has 0 atom stereocenters. The Morgan fingerprint density at radius 3 is 2.60 bits per heavy atom. The minimum Gasteiger partial charge on any atom is -0.356 e. The van der Waals surface area contributed by atoms with Crippen LogP contribution >= 0.6 is 0 Å². The molecule has 1 saturated heterocycles. The van der Waals surface area contributed by atoms with Gasteiger partial charge in [0.15, 0.2) is 11.5 Å². The van der Waals surface area contributed by atoms with Gasteiger partial charge in [-0.15, -0.1) is 0 Å². The van der Waals surface area contributed by atoms with Gasteiger partial charge in [-0.3, -0.25) is 4.79 Å². The van der Waals surface area contributed by atoms with Crippen LogP contribution < -0.4 is 10.2 Å². The van der Waals surface area contributed by atoms with E-state index in [9.17, 15) is 4.79 Å². The summed E-state index contributed by atoms with van der Waals surface area (Å²) in [6.07, 6.45) is 12.2. The van der Waals surface area contributed by atoms with Crippen molar-refractivity contribution in [3.63, 3.8) is 0 Å². The highest BCUT2D eigenvalue weighted by Gasteiger charge is 2.23. The first-order valence-corrected chi connectivity index (χ1v) is 9.49. The van der Waals surface area contributed by atoms with Crippen molar-refractivity contribution in [2.24, 2.45) is 11.8 Å². The molecule has 0 spiro atoms. The van der Waals surface area contributed by atoms with Gasteiger partial charge in [-0.1, -0.05) is 25.7 Å². The van der Waals surface area contributed by atoms with Gasteiger partial charge in [-0.25, -0.2) is 9.97 Å². The van der Waals surface area contributed by atoms with Gasteiger partial charge in [0.1, 0.15) is 6.07 Å². The van der Waals surface area contributed by atoms with Crippen LogP contribution in [0.2, 0.25) is 0 Å². The molecule has 6 heteroatoms. The molecule has 0 bridgehead atoms. The number of carbonyl (C=O) groups is 1. The number of nitriles is 1. The van der Waals surface area contributed by atoms with Gasteiger partial charge in [0.2, 0.25) is 5.91 Å². The SMILES string of the molecule is N#Cc1nccnc1N1CCC(CNC(=O)CCC2CCCC2)CC1. The fourth-order valence-electron chi connectivity index (χ4n) is 3.97. The van der Waals surface area contributed by atoms with E-state index < -0.39 is 0 Å². The van der Waals surface area contributed by atoms with E-state index in [2.05, 4.69) is 26.3 Å². The van der Waals surface area contributed by atoms with Gasteiger partial charge in [-0.2, -0.15) is 5.26 Å². The topological polar surface area (TPSA) is 81.9 Å². The third-order valence-electron chi connectivity index (χ3n) is 5.54. The van der Waals surface area contributed by atoms with Crippen LogP contribution in [0, 0.1) is 23.2 Å². The van der Waals surface area contributed by atoms with Crippen molar-refractivity contribution < 1.29 is 4.79 Å². The van der Waals surface area contributed by atoms with Gasteiger partial charge >= 0.3 is 0 Å². The number of hydrogen-bond donors (Lipinski definition) is 1. The molecule has 2 heterocycles. The number of rotatable bonds is 6. The molecule has 2 fully saturated rings. The lowest BCUT2D eigenvalue weighted by atomic mass is 9.96. The molecule has 1 aromatic heterocycles. The first kappa shape index (κ1) is 17.7. The van der Waals surface area contributed by atoms with Crippen molar-refractivity contribution in [1.29, 1.82) is 5.26 Å². The van der Waals surface area contributed by atoms with Crippen molar-refractivity contribution in [2.45, 2.75) is 51.4 Å². The molecule has 134 valence electrons. The molecule has 1 aliphatic heterocycles. The van der Waals surface area contributed by atoms with Crippen LogP contribution in [-0.2, 0) is 4.79 Å². The molecular weight excluding hydrogens is 314 g/mol. The van der Waals surface area contributed by atoms with Crippen molar-refractivity contribution in [3.8, 4) is 6.07 Å². The van der Waals surface area contributed by atoms with Crippen molar-refractivity contribution in [3.05, 3.63) is 18.1 Å². The Bertz CT molecular complexity index is 612. The number of piperidine rings is 1. The summed E-state index contributed by atoms with van der Waals surface area (Å²) in [7, 11) is 0. The second kappa shape index (κ2) is 8.80. The van der Waals surface area contributed by atoms with Crippen LogP contribution in [0.4, 0.5) is 5.82 Å². The molecule has 6 nitrogen and oxygen atoms in total. The molecule has 0 unspecified atom stereocenters. The Balaban J connectivity index is 1.37. The van der Waals surface area contributed by atoms with E-state index in [1.807, 2.05) is 0 Å². The Kier molecular flexibility index (Phi) is 6.21. The van der Waals surface area contributed by atoms with Crippen molar-refractivity contribution in [2.75, 3.05) is 24.5 Å². The van der Waals surface area contributed by atoms with Crippen LogP contribution in [0.25, 0.3) is 0 Å². The lowest BCUT2D eigenvalue weighted by Crippen LogP contribution is -2.39. The average Bonchev–Trinajstić information content (AvgIpc) is 3.19. The summed E-state index contributed by atoms with van der Waals surface area (Å²) >= 11 is 0. The van der Waals surface area contributed by atoms with E-state index in [-0.39, 0.29) is 5.91 Å². The van der Waals surface area contributed by atoms with Gasteiger partial charge in [0.05, 0.1) is 0 Å². The Morgan fingerprint density at radius 2 is 1.88 bits per heavy atom. The maximum absolute atomic E-state index is 12.0. The predicted molar refractivity (Wildman–Crippen MR) is 95.9 cm³/mol. The molecule has 0 radical (unpaired) electrons. The van der Waals surface area contributed by atoms with Crippen LogP contribution in [0.3, 0.4) is 0 Å². The van der Waals surface area contributed by atoms with E-state index in [0.29, 0.717) is 23.9 Å². The molecule has 2 aliphatic rings. The molecule has 1 aromatic rings. The summed E-state index contributed by atoms with van der Waals surface area (Å²) in [5.41, 5.74) is 0.390. The first-order chi connectivity index (χ1) is 12.3. The molecule has 1 N–H and O–H groups in total. The quantitative estimate of drug-likeness (QED) is 0.860. The van der Waals surface area contributed by atoms with Gasteiger partial charge < -0.3 is 10.2 Å². The highest BCUT2D eigenvalue weighted by atomic mass is 16.1. The van der Waals surface area contributed by atoms with Crippen LogP contribution in [-0.4, -0.2) is 35.5 Å². The normalized spacial score (nSPS) is 18.9. The monoisotopic (exact) mass is 341 g/mol. The number of nitrogens with zero attached hydrogens (tertiary/aromatic N) is 4. The van der Waals surface area contributed by atoms with E-state index in [1.54, 1.807) is 12.4 Å². The maximum atomic E-state index is 12.0. The van der Waals surface area contributed by atoms with Crippen molar-refractivity contribution in [1.82, 2.24) is 15.3 Å². The standard InChI is InChI=1S/C19H27N5O/c20-13-17-19(22-10-9-21-17)24-11-7-16(8-12-24)14-23-18(25)6-5-15-3-1-2-4-15/h9-10,15-16H,1-8,11-12,14H2,(H,23,25). The van der Waals surface area contributed by atoms with E-state index in [1.165, 1.54) is 25.7 Å². The predicted octanol–water partition coefficient (Wildman–Crippen LogP) is 2.65. The zero-order valence-corrected chi connectivity index (χ0v) is 14.8. The van der Waals surface area contributed by atoms with Gasteiger partial charge in [0, 0.05) is 38.4 Å². The maximum Gasteiger partial charge on any atom is 0.220 e. The number of nitrogens with one attached hydrogen (secondary N) is 1. The van der Waals surface area contributed by atoms with Gasteiger partial charge in [0.25, 0.3) is 0 Å². The second-order valence-corrected chi connectivity index (χ2v) is 7.26. The molecule has 3 rings (SSSR count). The van der Waals surface area contributed by atoms with E-state index in [0.717, 1.165) is 44.8 Å². The highest BCUT2D eigenvalue weighted by molar-refractivity contribution is 5.75. The molecule has 1 amide bonds. The molecule has 0 aromatic carbocycles. The van der Waals surface area contributed by atoms with Crippen molar-refractivity contribution >= 4 is 11.7 Å². The van der Waals surface area contributed by atoms with Crippen LogP contribution in [0.1, 0.15) is 57.1 Å². The lowest BCUT2D eigenvalue weighted by molar-refractivity contribution is -0.121. The number of anilines is 1. The fraction of sp³-hybridized carbons (Fsp3) is 0.684. The minimum atomic E-state index is 0.204. The summed E-state index contributed by atoms with van der Waals surface area (Å²) in [6.45, 7) is 2.48. The largest absolute Gasteiger partial charge is 0.356 e. The zero-order chi connectivity index (χ0) is 17.5. The third-order valence-corrected chi connectivity index (χ3v) is 5.54. The molecule has 1 aliphatic carbocycles. The van der Waals surface area contributed by atoms with E-state index in [4.69, 9.17) is 5.26 Å². The van der Waals surface area contributed by atoms with Crippen LogP contribution in [0.5, 0.6) is 0 Å². The smallest absolute Gasteiger partial charge is 0.220 e. The highest BCUT2D eigenvalue weighted by Crippen LogP contribution is 2.28. The second-order valence-electron chi connectivity index (χ2n) is 7.26. The number of amides is 1. The first-order valence-electron chi connectivity index (χ1n) is 9.49.